The minimum atomic E-state index is -0.896. The smallest absolute Gasteiger partial charge is 0.343 e. The Morgan fingerprint density at radius 3 is 2.43 bits per heavy atom. The molecule has 0 aliphatic rings. The molecule has 0 bridgehead atoms. The average Bonchev–Trinajstić information content (AvgIpc) is 2.85. The molecular formula is C24H28N4O7. The lowest BCUT2D eigenvalue weighted by molar-refractivity contribution is -0.121. The van der Waals surface area contributed by atoms with Gasteiger partial charge in [0.15, 0.2) is 11.5 Å². The molecule has 0 saturated heterocycles. The summed E-state index contributed by atoms with van der Waals surface area (Å²) in [7, 11) is 4.37. The first-order valence-corrected chi connectivity index (χ1v) is 10.8. The van der Waals surface area contributed by atoms with Crippen LogP contribution in [0.1, 0.15) is 29.2 Å². The SMILES string of the molecule is COc1ccc(C(CC(=O)NCCNc2ncccn2)c2c(O)cc(C)oc2=O)c(OC)c1OC. The van der Waals surface area contributed by atoms with Crippen LogP contribution in [0.15, 0.2) is 45.9 Å². The molecule has 0 aliphatic heterocycles. The maximum Gasteiger partial charge on any atom is 0.343 e. The van der Waals surface area contributed by atoms with Gasteiger partial charge in [-0.05, 0) is 19.1 Å². The predicted octanol–water partition coefficient (Wildman–Crippen LogP) is 2.22. The minimum absolute atomic E-state index is 0.0629. The Morgan fingerprint density at radius 2 is 1.80 bits per heavy atom. The molecule has 11 heteroatoms. The zero-order valence-electron chi connectivity index (χ0n) is 20.0. The molecule has 0 radical (unpaired) electrons. The number of amides is 1. The zero-order valence-corrected chi connectivity index (χ0v) is 20.0. The second-order valence-electron chi connectivity index (χ2n) is 7.47. The van der Waals surface area contributed by atoms with Crippen LogP contribution in [0, 0.1) is 6.92 Å². The van der Waals surface area contributed by atoms with Crippen LogP contribution in [0.5, 0.6) is 23.0 Å². The van der Waals surface area contributed by atoms with Crippen molar-refractivity contribution in [2.75, 3.05) is 39.7 Å². The van der Waals surface area contributed by atoms with Gasteiger partial charge in [0, 0.05) is 49.5 Å². The lowest BCUT2D eigenvalue weighted by Gasteiger charge is -2.22. The highest BCUT2D eigenvalue weighted by atomic mass is 16.5. The Bertz CT molecular complexity index is 1210. The van der Waals surface area contributed by atoms with E-state index in [-0.39, 0.29) is 41.7 Å². The van der Waals surface area contributed by atoms with Gasteiger partial charge in [-0.3, -0.25) is 4.79 Å². The normalized spacial score (nSPS) is 11.4. The molecule has 0 spiro atoms. The van der Waals surface area contributed by atoms with Gasteiger partial charge in [-0.2, -0.15) is 0 Å². The largest absolute Gasteiger partial charge is 0.507 e. The first kappa shape index (κ1) is 25.3. The Labute approximate surface area is 202 Å². The van der Waals surface area contributed by atoms with Crippen LogP contribution in [0.4, 0.5) is 5.95 Å². The number of carbonyl (C=O) groups is 1. The first-order valence-electron chi connectivity index (χ1n) is 10.8. The summed E-state index contributed by atoms with van der Waals surface area (Å²) in [6.45, 7) is 2.21. The van der Waals surface area contributed by atoms with Gasteiger partial charge in [0.1, 0.15) is 11.5 Å². The molecule has 0 aliphatic carbocycles. The van der Waals surface area contributed by atoms with Gasteiger partial charge >= 0.3 is 5.63 Å². The molecule has 3 aromatic rings. The van der Waals surface area contributed by atoms with Crippen molar-refractivity contribution in [3.63, 3.8) is 0 Å². The van der Waals surface area contributed by atoms with Gasteiger partial charge < -0.3 is 34.4 Å². The predicted molar refractivity (Wildman–Crippen MR) is 127 cm³/mol. The Balaban J connectivity index is 1.90. The van der Waals surface area contributed by atoms with Crippen molar-refractivity contribution in [3.05, 3.63) is 64.0 Å². The van der Waals surface area contributed by atoms with Gasteiger partial charge in [0.2, 0.25) is 17.6 Å². The van der Waals surface area contributed by atoms with E-state index in [0.29, 0.717) is 29.6 Å². The lowest BCUT2D eigenvalue weighted by atomic mass is 9.87. The number of ether oxygens (including phenoxy) is 3. The van der Waals surface area contributed by atoms with Crippen LogP contribution in [0.3, 0.4) is 0 Å². The molecule has 2 heterocycles. The van der Waals surface area contributed by atoms with Crippen molar-refractivity contribution in [2.24, 2.45) is 0 Å². The molecule has 1 unspecified atom stereocenters. The highest BCUT2D eigenvalue weighted by Crippen LogP contribution is 2.45. The molecular weight excluding hydrogens is 456 g/mol. The summed E-state index contributed by atoms with van der Waals surface area (Å²) < 4.78 is 21.6. The summed E-state index contributed by atoms with van der Waals surface area (Å²) in [5.74, 6) is 0.119. The monoisotopic (exact) mass is 484 g/mol. The van der Waals surface area contributed by atoms with Gasteiger partial charge in [-0.1, -0.05) is 6.07 Å². The van der Waals surface area contributed by atoms with Crippen LogP contribution in [-0.4, -0.2) is 55.4 Å². The number of carbonyl (C=O) groups excluding carboxylic acids is 1. The van der Waals surface area contributed by atoms with Crippen LogP contribution < -0.4 is 30.5 Å². The molecule has 35 heavy (non-hydrogen) atoms. The number of aromatic hydroxyl groups is 1. The van der Waals surface area contributed by atoms with E-state index in [2.05, 4.69) is 20.6 Å². The number of rotatable bonds is 11. The van der Waals surface area contributed by atoms with E-state index in [0.717, 1.165) is 0 Å². The third kappa shape index (κ3) is 5.99. The number of aryl methyl sites for hydroxylation is 1. The van der Waals surface area contributed by atoms with Gasteiger partial charge in [0.25, 0.3) is 0 Å². The van der Waals surface area contributed by atoms with Gasteiger partial charge in [-0.15, -0.1) is 0 Å². The highest BCUT2D eigenvalue weighted by molar-refractivity contribution is 5.78. The molecule has 186 valence electrons. The van der Waals surface area contributed by atoms with Crippen LogP contribution >= 0.6 is 0 Å². The molecule has 1 amide bonds. The van der Waals surface area contributed by atoms with E-state index in [4.69, 9.17) is 18.6 Å². The maximum atomic E-state index is 12.9. The molecule has 3 N–H and O–H groups in total. The molecule has 0 saturated carbocycles. The topological polar surface area (TPSA) is 145 Å². The van der Waals surface area contributed by atoms with Crippen LogP contribution in [0.25, 0.3) is 0 Å². The summed E-state index contributed by atoms with van der Waals surface area (Å²) in [5, 5.41) is 16.4. The van der Waals surface area contributed by atoms with Gasteiger partial charge in [-0.25, -0.2) is 14.8 Å². The van der Waals surface area contributed by atoms with Crippen molar-refractivity contribution < 1.29 is 28.5 Å². The third-order valence-electron chi connectivity index (χ3n) is 5.23. The Morgan fingerprint density at radius 1 is 1.09 bits per heavy atom. The van der Waals surface area contributed by atoms with E-state index in [9.17, 15) is 14.7 Å². The summed E-state index contributed by atoms with van der Waals surface area (Å²) in [6, 6.07) is 6.33. The number of anilines is 1. The van der Waals surface area contributed by atoms with Crippen molar-refractivity contribution in [1.29, 1.82) is 0 Å². The third-order valence-corrected chi connectivity index (χ3v) is 5.23. The number of hydrogen-bond donors (Lipinski definition) is 3. The van der Waals surface area contributed by atoms with Crippen molar-refractivity contribution >= 4 is 11.9 Å². The summed E-state index contributed by atoms with van der Waals surface area (Å²) in [4.78, 5) is 33.8. The number of methoxy groups -OCH3 is 3. The number of aromatic nitrogens is 2. The molecule has 11 nitrogen and oxygen atoms in total. The highest BCUT2D eigenvalue weighted by Gasteiger charge is 2.30. The van der Waals surface area contributed by atoms with Gasteiger partial charge in [0.05, 0.1) is 26.9 Å². The van der Waals surface area contributed by atoms with Crippen molar-refractivity contribution in [2.45, 2.75) is 19.3 Å². The van der Waals surface area contributed by atoms with E-state index < -0.39 is 11.5 Å². The number of nitrogens with one attached hydrogen (secondary N) is 2. The summed E-state index contributed by atoms with van der Waals surface area (Å²) in [5.41, 5.74) is -0.366. The molecule has 1 aromatic carbocycles. The second kappa shape index (κ2) is 11.7. The summed E-state index contributed by atoms with van der Waals surface area (Å²) >= 11 is 0. The van der Waals surface area contributed by atoms with Crippen molar-refractivity contribution in [1.82, 2.24) is 15.3 Å². The van der Waals surface area contributed by atoms with E-state index >= 15 is 0 Å². The van der Waals surface area contributed by atoms with E-state index in [1.165, 1.54) is 27.4 Å². The first-order chi connectivity index (χ1) is 16.9. The molecule has 2 aromatic heterocycles. The maximum absolute atomic E-state index is 12.9. The average molecular weight is 485 g/mol. The quantitative estimate of drug-likeness (QED) is 0.346. The number of hydrogen-bond acceptors (Lipinski definition) is 10. The molecule has 1 atom stereocenters. The van der Waals surface area contributed by atoms with Crippen molar-refractivity contribution in [3.8, 4) is 23.0 Å². The fourth-order valence-electron chi connectivity index (χ4n) is 3.72. The van der Waals surface area contributed by atoms with Crippen LogP contribution in [-0.2, 0) is 4.79 Å². The number of nitrogens with zero attached hydrogens (tertiary/aromatic N) is 2. The van der Waals surface area contributed by atoms with E-state index in [1.54, 1.807) is 37.5 Å². The Hall–Kier alpha value is -4.28. The molecule has 3 rings (SSSR count). The lowest BCUT2D eigenvalue weighted by Crippen LogP contribution is -2.31. The van der Waals surface area contributed by atoms with Crippen LogP contribution in [0.2, 0.25) is 0 Å². The summed E-state index contributed by atoms with van der Waals surface area (Å²) in [6.07, 6.45) is 3.04. The minimum Gasteiger partial charge on any atom is -0.507 e. The molecule has 0 fully saturated rings. The second-order valence-corrected chi connectivity index (χ2v) is 7.47. The fraction of sp³-hybridized carbons (Fsp3) is 0.333. The number of benzene rings is 1. The Kier molecular flexibility index (Phi) is 8.49. The standard InChI is InChI=1S/C24H28N4O7/c1-14-12-17(29)20(23(31)35-14)16(15-6-7-18(32-2)22(34-4)21(15)33-3)13-19(30)25-10-11-28-24-26-8-5-9-27-24/h5-9,12,16,29H,10-11,13H2,1-4H3,(H,25,30)(H,26,27,28). The van der Waals surface area contributed by atoms with E-state index in [1.807, 2.05) is 0 Å². The zero-order chi connectivity index (χ0) is 25.4. The fourth-order valence-corrected chi connectivity index (χ4v) is 3.72.